The van der Waals surface area contributed by atoms with E-state index in [0.717, 1.165) is 45.6 Å². The molecule has 1 fully saturated rings. The smallest absolute Gasteiger partial charge is 0.379 e. The summed E-state index contributed by atoms with van der Waals surface area (Å²) in [6, 6.07) is 8.93. The largest absolute Gasteiger partial charge is 0.493 e. The molecule has 1 aliphatic heterocycles. The third-order valence-corrected chi connectivity index (χ3v) is 4.69. The first kappa shape index (κ1) is 18.5. The van der Waals surface area contributed by atoms with Gasteiger partial charge in [0, 0.05) is 26.2 Å². The van der Waals surface area contributed by atoms with Crippen LogP contribution in [0.2, 0.25) is 0 Å². The van der Waals surface area contributed by atoms with E-state index in [1.807, 2.05) is 12.1 Å². The van der Waals surface area contributed by atoms with Crippen LogP contribution in [0.25, 0.3) is 0 Å². The van der Waals surface area contributed by atoms with Crippen LogP contribution in [0.1, 0.15) is 22.5 Å². The molecule has 0 N–H and O–H groups in total. The van der Waals surface area contributed by atoms with Crippen LogP contribution in [0, 0.1) is 0 Å². The highest BCUT2D eigenvalue weighted by Gasteiger charge is 2.16. The molecule has 0 radical (unpaired) electrons. The van der Waals surface area contributed by atoms with Crippen LogP contribution in [0.4, 0.5) is 0 Å². The molecule has 0 saturated carbocycles. The number of carbonyl (C=O) groups is 1. The van der Waals surface area contributed by atoms with Crippen molar-refractivity contribution < 1.29 is 18.7 Å². The van der Waals surface area contributed by atoms with Gasteiger partial charge in [-0.15, -0.1) is 0 Å². The predicted octanol–water partition coefficient (Wildman–Crippen LogP) is 2.69. The molecule has 3 rings (SSSR count). The van der Waals surface area contributed by atoms with Gasteiger partial charge in [-0.1, -0.05) is 6.07 Å². The van der Waals surface area contributed by atoms with Gasteiger partial charge in [0.25, 0.3) is 0 Å². The second-order valence-corrected chi connectivity index (χ2v) is 6.60. The highest BCUT2D eigenvalue weighted by molar-refractivity contribution is 5.88. The van der Waals surface area contributed by atoms with Gasteiger partial charge in [0.2, 0.25) is 5.76 Å². The summed E-state index contributed by atoms with van der Waals surface area (Å²) in [4.78, 5) is 16.9. The summed E-state index contributed by atoms with van der Waals surface area (Å²) in [6.45, 7) is 5.67. The molecule has 140 valence electrons. The quantitative estimate of drug-likeness (QED) is 0.560. The summed E-state index contributed by atoms with van der Waals surface area (Å²) in [5.74, 6) is 0.596. The molecule has 6 heteroatoms. The molecule has 1 aromatic heterocycles. The van der Waals surface area contributed by atoms with Gasteiger partial charge in [0.15, 0.2) is 11.5 Å². The van der Waals surface area contributed by atoms with E-state index in [2.05, 4.69) is 16.8 Å². The monoisotopic (exact) mass is 358 g/mol. The Morgan fingerprint density at radius 3 is 2.65 bits per heavy atom. The maximum Gasteiger partial charge on any atom is 0.379 e. The minimum atomic E-state index is -0.531. The van der Waals surface area contributed by atoms with Crippen molar-refractivity contribution in [1.29, 1.82) is 0 Å². The van der Waals surface area contributed by atoms with Gasteiger partial charge in [0.05, 0.1) is 13.4 Å². The number of ether oxygens (including phenoxy) is 2. The third kappa shape index (κ3) is 4.86. The topological polar surface area (TPSA) is 55.2 Å². The standard InChI is InChI=1S/C20H26N2O4/c1-21-10-12-22(13-11-21)9-3-5-16-7-8-17(19(15-16)24-2)26-20(23)18-6-4-14-25-18/h4,6-8,14-15H,3,5,9-13H2,1-2H3. The van der Waals surface area contributed by atoms with Gasteiger partial charge in [0.1, 0.15) is 0 Å². The number of nitrogens with zero attached hydrogens (tertiary/aromatic N) is 2. The molecule has 6 nitrogen and oxygen atoms in total. The van der Waals surface area contributed by atoms with Gasteiger partial charge in [-0.3, -0.25) is 0 Å². The molecule has 1 aliphatic rings. The number of hydrogen-bond donors (Lipinski definition) is 0. The molecule has 0 spiro atoms. The summed E-state index contributed by atoms with van der Waals surface area (Å²) in [7, 11) is 3.75. The van der Waals surface area contributed by atoms with Gasteiger partial charge in [-0.05, 0) is 56.3 Å². The first-order valence-corrected chi connectivity index (χ1v) is 8.99. The van der Waals surface area contributed by atoms with Crippen LogP contribution < -0.4 is 9.47 Å². The zero-order valence-electron chi connectivity index (χ0n) is 15.4. The first-order chi connectivity index (χ1) is 12.7. The van der Waals surface area contributed by atoms with E-state index in [1.54, 1.807) is 25.3 Å². The summed E-state index contributed by atoms with van der Waals surface area (Å²) in [5, 5.41) is 0. The molecular weight excluding hydrogens is 332 g/mol. The molecule has 1 saturated heterocycles. The van der Waals surface area contributed by atoms with Gasteiger partial charge < -0.3 is 23.7 Å². The van der Waals surface area contributed by atoms with Crippen LogP contribution in [0.5, 0.6) is 11.5 Å². The minimum Gasteiger partial charge on any atom is -0.493 e. The Bertz CT molecular complexity index is 707. The van der Waals surface area contributed by atoms with E-state index < -0.39 is 5.97 Å². The lowest BCUT2D eigenvalue weighted by Crippen LogP contribution is -2.44. The number of rotatable bonds is 7. The molecular formula is C20H26N2O4. The fourth-order valence-electron chi connectivity index (χ4n) is 3.07. The number of esters is 1. The van der Waals surface area contributed by atoms with Crippen molar-refractivity contribution in [2.75, 3.05) is 46.9 Å². The number of carbonyl (C=O) groups excluding carboxylic acids is 1. The zero-order valence-corrected chi connectivity index (χ0v) is 15.4. The summed E-state index contributed by atoms with van der Waals surface area (Å²) in [6.07, 6.45) is 3.50. The molecule has 0 unspecified atom stereocenters. The average molecular weight is 358 g/mol. The number of likely N-dealkylation sites (N-methyl/N-ethyl adjacent to an activating group) is 1. The van der Waals surface area contributed by atoms with Crippen molar-refractivity contribution in [3.63, 3.8) is 0 Å². The first-order valence-electron chi connectivity index (χ1n) is 8.99. The van der Waals surface area contributed by atoms with Gasteiger partial charge in [-0.25, -0.2) is 4.79 Å². The number of piperazine rings is 1. The molecule has 1 aromatic carbocycles. The van der Waals surface area contributed by atoms with Gasteiger partial charge >= 0.3 is 5.97 Å². The van der Waals surface area contributed by atoms with Crippen molar-refractivity contribution in [2.24, 2.45) is 0 Å². The van der Waals surface area contributed by atoms with Crippen LogP contribution in [-0.2, 0) is 6.42 Å². The Morgan fingerprint density at radius 1 is 1.15 bits per heavy atom. The van der Waals surface area contributed by atoms with Crippen LogP contribution in [0.3, 0.4) is 0 Å². The maximum atomic E-state index is 12.0. The SMILES string of the molecule is COc1cc(CCCN2CCN(C)CC2)ccc1OC(=O)c1ccco1. The second kappa shape index (κ2) is 8.87. The molecule has 2 aromatic rings. The van der Waals surface area contributed by atoms with Crippen molar-refractivity contribution in [3.05, 3.63) is 47.9 Å². The van der Waals surface area contributed by atoms with Crippen LogP contribution >= 0.6 is 0 Å². The summed E-state index contributed by atoms with van der Waals surface area (Å²) >= 11 is 0. The third-order valence-electron chi connectivity index (χ3n) is 4.69. The van der Waals surface area contributed by atoms with Gasteiger partial charge in [-0.2, -0.15) is 0 Å². The minimum absolute atomic E-state index is 0.170. The van der Waals surface area contributed by atoms with E-state index in [4.69, 9.17) is 13.9 Å². The highest BCUT2D eigenvalue weighted by Crippen LogP contribution is 2.29. The molecule has 2 heterocycles. The fraction of sp³-hybridized carbons (Fsp3) is 0.450. The number of furan rings is 1. The number of methoxy groups -OCH3 is 1. The maximum absolute atomic E-state index is 12.0. The Labute approximate surface area is 154 Å². The second-order valence-electron chi connectivity index (χ2n) is 6.60. The Hall–Kier alpha value is -2.31. The van der Waals surface area contributed by atoms with Crippen molar-refractivity contribution in [3.8, 4) is 11.5 Å². The van der Waals surface area contributed by atoms with Crippen molar-refractivity contribution in [2.45, 2.75) is 12.8 Å². The Morgan fingerprint density at radius 2 is 1.96 bits per heavy atom. The Kier molecular flexibility index (Phi) is 6.30. The average Bonchev–Trinajstić information content (AvgIpc) is 3.19. The van der Waals surface area contributed by atoms with E-state index >= 15 is 0 Å². The molecule has 0 aliphatic carbocycles. The normalized spacial score (nSPS) is 15.8. The molecule has 0 atom stereocenters. The number of hydrogen-bond acceptors (Lipinski definition) is 6. The molecule has 0 amide bonds. The van der Waals surface area contributed by atoms with Crippen LogP contribution in [0.15, 0.2) is 41.0 Å². The molecule has 0 bridgehead atoms. The lowest BCUT2D eigenvalue weighted by molar-refractivity contribution is 0.0696. The Balaban J connectivity index is 1.53. The van der Waals surface area contributed by atoms with Crippen molar-refractivity contribution >= 4 is 5.97 Å². The molecule has 26 heavy (non-hydrogen) atoms. The summed E-state index contributed by atoms with van der Waals surface area (Å²) < 4.78 is 15.8. The zero-order chi connectivity index (χ0) is 18.4. The van der Waals surface area contributed by atoms with E-state index in [9.17, 15) is 4.79 Å². The van der Waals surface area contributed by atoms with Crippen molar-refractivity contribution in [1.82, 2.24) is 9.80 Å². The highest BCUT2D eigenvalue weighted by atomic mass is 16.6. The fourth-order valence-corrected chi connectivity index (χ4v) is 3.07. The van der Waals surface area contributed by atoms with E-state index in [0.29, 0.717) is 11.5 Å². The predicted molar refractivity (Wildman–Crippen MR) is 98.9 cm³/mol. The number of benzene rings is 1. The van der Waals surface area contributed by atoms with Crippen LogP contribution in [-0.4, -0.2) is 62.7 Å². The lowest BCUT2D eigenvalue weighted by Gasteiger charge is -2.32. The van der Waals surface area contributed by atoms with E-state index in [1.165, 1.54) is 11.8 Å². The number of aryl methyl sites for hydroxylation is 1. The van der Waals surface area contributed by atoms with E-state index in [-0.39, 0.29) is 5.76 Å². The summed E-state index contributed by atoms with van der Waals surface area (Å²) in [5.41, 5.74) is 1.17. The lowest BCUT2D eigenvalue weighted by atomic mass is 10.1.